The summed E-state index contributed by atoms with van der Waals surface area (Å²) >= 11 is 0. The zero-order valence-electron chi connectivity index (χ0n) is 11.3. The number of hydrogen-bond acceptors (Lipinski definition) is 1. The highest BCUT2D eigenvalue weighted by atomic mass is 16.3. The second-order valence-electron chi connectivity index (χ2n) is 4.97. The lowest BCUT2D eigenvalue weighted by atomic mass is 10.0. The Bertz CT molecular complexity index is 203. The van der Waals surface area contributed by atoms with E-state index in [-0.39, 0.29) is 6.10 Å². The summed E-state index contributed by atoms with van der Waals surface area (Å²) in [6.07, 6.45) is 13.0. The molecule has 0 aliphatic rings. The molecule has 0 aromatic rings. The van der Waals surface area contributed by atoms with E-state index in [4.69, 9.17) is 0 Å². The Morgan fingerprint density at radius 1 is 1.12 bits per heavy atom. The van der Waals surface area contributed by atoms with Gasteiger partial charge in [-0.3, -0.25) is 0 Å². The lowest BCUT2D eigenvalue weighted by Crippen LogP contribution is -2.04. The van der Waals surface area contributed by atoms with Crippen molar-refractivity contribution in [2.45, 2.75) is 59.5 Å². The van der Waals surface area contributed by atoms with Crippen LogP contribution >= 0.6 is 0 Å². The fraction of sp³-hybridized carbons (Fsp3) is 0.733. The maximum absolute atomic E-state index is 9.20. The summed E-state index contributed by atoms with van der Waals surface area (Å²) < 4.78 is 0. The first kappa shape index (κ1) is 15.4. The molecule has 0 aromatic carbocycles. The van der Waals surface area contributed by atoms with Gasteiger partial charge >= 0.3 is 0 Å². The summed E-state index contributed by atoms with van der Waals surface area (Å²) in [6.45, 7) is 8.52. The molecule has 3 unspecified atom stereocenters. The van der Waals surface area contributed by atoms with E-state index in [0.717, 1.165) is 12.3 Å². The number of aliphatic hydroxyl groups is 1. The van der Waals surface area contributed by atoms with Gasteiger partial charge in [-0.25, -0.2) is 0 Å². The molecule has 0 fully saturated rings. The number of allylic oxidation sites excluding steroid dienone is 4. The van der Waals surface area contributed by atoms with E-state index in [2.05, 4.69) is 45.1 Å². The van der Waals surface area contributed by atoms with Crippen LogP contribution in [0.25, 0.3) is 0 Å². The van der Waals surface area contributed by atoms with Gasteiger partial charge < -0.3 is 5.11 Å². The Morgan fingerprint density at radius 3 is 2.38 bits per heavy atom. The van der Waals surface area contributed by atoms with Crippen molar-refractivity contribution < 1.29 is 5.11 Å². The summed E-state index contributed by atoms with van der Waals surface area (Å²) in [5, 5.41) is 9.20. The number of rotatable bonds is 8. The van der Waals surface area contributed by atoms with Crippen molar-refractivity contribution in [3.05, 3.63) is 24.3 Å². The molecule has 0 radical (unpaired) electrons. The van der Waals surface area contributed by atoms with Gasteiger partial charge in [-0.05, 0) is 38.0 Å². The van der Waals surface area contributed by atoms with Crippen LogP contribution in [-0.4, -0.2) is 11.2 Å². The van der Waals surface area contributed by atoms with Crippen molar-refractivity contribution >= 4 is 0 Å². The third-order valence-corrected chi connectivity index (χ3v) is 2.92. The Morgan fingerprint density at radius 2 is 1.81 bits per heavy atom. The van der Waals surface area contributed by atoms with Crippen LogP contribution in [-0.2, 0) is 0 Å². The largest absolute Gasteiger partial charge is 0.393 e. The second kappa shape index (κ2) is 9.65. The summed E-state index contributed by atoms with van der Waals surface area (Å²) in [5.74, 6) is 1.29. The van der Waals surface area contributed by atoms with Gasteiger partial charge in [0.2, 0.25) is 0 Å². The van der Waals surface area contributed by atoms with Crippen LogP contribution in [0.1, 0.15) is 53.4 Å². The quantitative estimate of drug-likeness (QED) is 0.608. The van der Waals surface area contributed by atoms with Crippen LogP contribution in [0.2, 0.25) is 0 Å². The highest BCUT2D eigenvalue weighted by Gasteiger charge is 2.00. The van der Waals surface area contributed by atoms with E-state index in [0.29, 0.717) is 5.92 Å². The number of aliphatic hydroxyl groups excluding tert-OH is 1. The van der Waals surface area contributed by atoms with Gasteiger partial charge in [-0.1, -0.05) is 51.5 Å². The van der Waals surface area contributed by atoms with Crippen molar-refractivity contribution in [3.63, 3.8) is 0 Å². The van der Waals surface area contributed by atoms with Crippen LogP contribution in [0, 0.1) is 11.8 Å². The lowest BCUT2D eigenvalue weighted by Gasteiger charge is -2.07. The van der Waals surface area contributed by atoms with E-state index >= 15 is 0 Å². The van der Waals surface area contributed by atoms with E-state index in [1.807, 2.05) is 6.92 Å². The zero-order chi connectivity index (χ0) is 12.4. The van der Waals surface area contributed by atoms with Crippen molar-refractivity contribution in [2.75, 3.05) is 0 Å². The third-order valence-electron chi connectivity index (χ3n) is 2.92. The summed E-state index contributed by atoms with van der Waals surface area (Å²) in [6, 6.07) is 0. The van der Waals surface area contributed by atoms with E-state index in [1.54, 1.807) is 0 Å². The highest BCUT2D eigenvalue weighted by Crippen LogP contribution is 2.10. The maximum Gasteiger partial charge on any atom is 0.0517 e. The monoisotopic (exact) mass is 224 g/mol. The molecule has 1 heteroatoms. The molecular weight excluding hydrogens is 196 g/mol. The molecule has 3 atom stereocenters. The van der Waals surface area contributed by atoms with Gasteiger partial charge in [0.25, 0.3) is 0 Å². The minimum absolute atomic E-state index is 0.200. The van der Waals surface area contributed by atoms with Crippen LogP contribution in [0.15, 0.2) is 24.3 Å². The molecule has 16 heavy (non-hydrogen) atoms. The molecule has 1 nitrogen and oxygen atoms in total. The lowest BCUT2D eigenvalue weighted by molar-refractivity contribution is 0.172. The van der Waals surface area contributed by atoms with Gasteiger partial charge in [0.05, 0.1) is 6.10 Å². The first-order valence-electron chi connectivity index (χ1n) is 6.57. The first-order valence-corrected chi connectivity index (χ1v) is 6.57. The molecule has 0 saturated carbocycles. The molecule has 0 amide bonds. The zero-order valence-corrected chi connectivity index (χ0v) is 11.3. The Labute approximate surface area is 101 Å². The van der Waals surface area contributed by atoms with Crippen molar-refractivity contribution in [2.24, 2.45) is 11.8 Å². The smallest absolute Gasteiger partial charge is 0.0517 e. The summed E-state index contributed by atoms with van der Waals surface area (Å²) in [4.78, 5) is 0. The molecular formula is C15H28O. The van der Waals surface area contributed by atoms with Crippen LogP contribution in [0.3, 0.4) is 0 Å². The molecule has 0 saturated heterocycles. The fourth-order valence-corrected chi connectivity index (χ4v) is 1.63. The Kier molecular flexibility index (Phi) is 9.31. The van der Waals surface area contributed by atoms with Crippen LogP contribution in [0.4, 0.5) is 0 Å². The molecule has 94 valence electrons. The maximum atomic E-state index is 9.20. The Hall–Kier alpha value is -0.560. The predicted molar refractivity (Wildman–Crippen MR) is 72.4 cm³/mol. The van der Waals surface area contributed by atoms with E-state index < -0.39 is 0 Å². The fourth-order valence-electron chi connectivity index (χ4n) is 1.63. The van der Waals surface area contributed by atoms with Gasteiger partial charge in [0, 0.05) is 0 Å². The van der Waals surface area contributed by atoms with Gasteiger partial charge in [0.15, 0.2) is 0 Å². The first-order chi connectivity index (χ1) is 7.56. The predicted octanol–water partition coefficient (Wildman–Crippen LogP) is 4.33. The second-order valence-corrected chi connectivity index (χ2v) is 4.97. The van der Waals surface area contributed by atoms with Crippen molar-refractivity contribution in [1.82, 2.24) is 0 Å². The standard InChI is InChI=1S/C15H28O/c1-5-13(2)10-8-6-7-9-11-14(3)12-15(4)16/h6-7,9,11,13-16H,5,8,10,12H2,1-4H3. The molecule has 1 N–H and O–H groups in total. The normalized spacial score (nSPS) is 18.1. The third kappa shape index (κ3) is 9.97. The molecule has 0 spiro atoms. The highest BCUT2D eigenvalue weighted by molar-refractivity contribution is 5.03. The van der Waals surface area contributed by atoms with Crippen LogP contribution < -0.4 is 0 Å². The molecule has 0 bridgehead atoms. The minimum Gasteiger partial charge on any atom is -0.393 e. The topological polar surface area (TPSA) is 20.2 Å². The van der Waals surface area contributed by atoms with Gasteiger partial charge in [-0.15, -0.1) is 0 Å². The van der Waals surface area contributed by atoms with Crippen LogP contribution in [0.5, 0.6) is 0 Å². The van der Waals surface area contributed by atoms with Crippen molar-refractivity contribution in [3.8, 4) is 0 Å². The van der Waals surface area contributed by atoms with Gasteiger partial charge in [0.1, 0.15) is 0 Å². The summed E-state index contributed by atoms with van der Waals surface area (Å²) in [5.41, 5.74) is 0. The molecule has 0 aliphatic heterocycles. The average Bonchev–Trinajstić information content (AvgIpc) is 2.21. The molecule has 0 rings (SSSR count). The molecule has 0 aromatic heterocycles. The summed E-state index contributed by atoms with van der Waals surface area (Å²) in [7, 11) is 0. The van der Waals surface area contributed by atoms with Gasteiger partial charge in [-0.2, -0.15) is 0 Å². The van der Waals surface area contributed by atoms with E-state index in [1.165, 1.54) is 19.3 Å². The van der Waals surface area contributed by atoms with E-state index in [9.17, 15) is 5.11 Å². The Balaban J connectivity index is 3.62. The minimum atomic E-state index is -0.200. The SMILES string of the molecule is CCC(C)CCC=CC=CC(C)CC(C)O. The molecule has 0 aliphatic carbocycles. The average molecular weight is 224 g/mol. The van der Waals surface area contributed by atoms with Crippen molar-refractivity contribution in [1.29, 1.82) is 0 Å². The molecule has 0 heterocycles. The number of hydrogen-bond donors (Lipinski definition) is 1.